The summed E-state index contributed by atoms with van der Waals surface area (Å²) >= 11 is 0. The van der Waals surface area contributed by atoms with E-state index in [1.165, 1.54) is 11.1 Å². The van der Waals surface area contributed by atoms with Gasteiger partial charge in [-0.2, -0.15) is 26.3 Å². The molecule has 33 heavy (non-hydrogen) atoms. The first kappa shape index (κ1) is 24.3. The molecule has 0 radical (unpaired) electrons. The standard InChI is InChI=1S/C24H20F6N2O/c1-2-22(33)32(15-18-13-31-9-8-21(18)17-6-4-3-5-7-17)14-16-10-19(23(25,26)27)12-20(11-16)24(28,29)30/h3-13H,2,14-15H2,1H3. The van der Waals surface area contributed by atoms with Crippen molar-refractivity contribution in [3.63, 3.8) is 0 Å². The number of hydrogen-bond donors (Lipinski definition) is 0. The summed E-state index contributed by atoms with van der Waals surface area (Å²) in [6.45, 7) is 1.13. The Balaban J connectivity index is 1.99. The molecule has 3 nitrogen and oxygen atoms in total. The lowest BCUT2D eigenvalue weighted by Gasteiger charge is -2.25. The number of pyridine rings is 1. The van der Waals surface area contributed by atoms with Gasteiger partial charge in [-0.25, -0.2) is 0 Å². The van der Waals surface area contributed by atoms with Crippen LogP contribution in [0.2, 0.25) is 0 Å². The van der Waals surface area contributed by atoms with Crippen LogP contribution in [0.1, 0.15) is 35.6 Å². The molecule has 0 aliphatic heterocycles. The van der Waals surface area contributed by atoms with Crippen LogP contribution >= 0.6 is 0 Å². The Kier molecular flexibility index (Phi) is 7.09. The van der Waals surface area contributed by atoms with E-state index in [-0.39, 0.29) is 24.6 Å². The first-order valence-corrected chi connectivity index (χ1v) is 10.0. The highest BCUT2D eigenvalue weighted by Gasteiger charge is 2.37. The van der Waals surface area contributed by atoms with Crippen LogP contribution in [0, 0.1) is 0 Å². The van der Waals surface area contributed by atoms with E-state index >= 15 is 0 Å². The number of aromatic nitrogens is 1. The van der Waals surface area contributed by atoms with Crippen molar-refractivity contribution in [1.29, 1.82) is 0 Å². The number of nitrogens with zero attached hydrogens (tertiary/aromatic N) is 2. The highest BCUT2D eigenvalue weighted by atomic mass is 19.4. The molecule has 1 heterocycles. The third-order valence-electron chi connectivity index (χ3n) is 5.03. The quantitative estimate of drug-likeness (QED) is 0.378. The van der Waals surface area contributed by atoms with Crippen LogP contribution in [0.5, 0.6) is 0 Å². The van der Waals surface area contributed by atoms with Crippen molar-refractivity contribution in [1.82, 2.24) is 9.88 Å². The summed E-state index contributed by atoms with van der Waals surface area (Å²) in [5, 5.41) is 0. The maximum Gasteiger partial charge on any atom is 0.416 e. The molecule has 1 aromatic heterocycles. The van der Waals surface area contributed by atoms with E-state index in [0.29, 0.717) is 17.7 Å². The molecular formula is C24H20F6N2O. The maximum absolute atomic E-state index is 13.2. The summed E-state index contributed by atoms with van der Waals surface area (Å²) in [4.78, 5) is 17.9. The average molecular weight is 466 g/mol. The van der Waals surface area contributed by atoms with Gasteiger partial charge in [0.15, 0.2) is 0 Å². The second-order valence-electron chi connectivity index (χ2n) is 7.42. The number of alkyl halides is 6. The molecule has 0 fully saturated rings. The van der Waals surface area contributed by atoms with Crippen molar-refractivity contribution in [2.24, 2.45) is 0 Å². The smallest absolute Gasteiger partial charge is 0.334 e. The van der Waals surface area contributed by atoms with E-state index in [0.717, 1.165) is 11.1 Å². The van der Waals surface area contributed by atoms with Gasteiger partial charge in [-0.15, -0.1) is 0 Å². The van der Waals surface area contributed by atoms with Crippen molar-refractivity contribution < 1.29 is 31.1 Å². The summed E-state index contributed by atoms with van der Waals surface area (Å²) in [5.74, 6) is -0.413. The van der Waals surface area contributed by atoms with E-state index in [4.69, 9.17) is 0 Å². The maximum atomic E-state index is 13.2. The van der Waals surface area contributed by atoms with Crippen molar-refractivity contribution in [2.75, 3.05) is 0 Å². The summed E-state index contributed by atoms with van der Waals surface area (Å²) in [6.07, 6.45) is -6.78. The van der Waals surface area contributed by atoms with Crippen molar-refractivity contribution in [2.45, 2.75) is 38.8 Å². The minimum Gasteiger partial charge on any atom is -0.334 e. The fourth-order valence-electron chi connectivity index (χ4n) is 3.44. The van der Waals surface area contributed by atoms with Crippen molar-refractivity contribution in [3.05, 3.63) is 89.2 Å². The Morgan fingerprint density at radius 1 is 0.879 bits per heavy atom. The number of carbonyl (C=O) groups excluding carboxylic acids is 1. The van der Waals surface area contributed by atoms with Gasteiger partial charge in [-0.05, 0) is 46.5 Å². The zero-order chi connectivity index (χ0) is 24.2. The summed E-state index contributed by atoms with van der Waals surface area (Å²) in [6, 6.07) is 12.3. The minimum absolute atomic E-state index is 0.0255. The van der Waals surface area contributed by atoms with Crippen LogP contribution in [0.15, 0.2) is 67.0 Å². The van der Waals surface area contributed by atoms with E-state index in [1.807, 2.05) is 30.3 Å². The Morgan fingerprint density at radius 2 is 1.48 bits per heavy atom. The molecule has 0 spiro atoms. The lowest BCUT2D eigenvalue weighted by molar-refractivity contribution is -0.143. The zero-order valence-electron chi connectivity index (χ0n) is 17.5. The molecule has 3 rings (SSSR count). The highest BCUT2D eigenvalue weighted by Crippen LogP contribution is 2.36. The number of amides is 1. The number of rotatable bonds is 6. The fourth-order valence-corrected chi connectivity index (χ4v) is 3.44. The van der Waals surface area contributed by atoms with Crippen molar-refractivity contribution in [3.8, 4) is 11.1 Å². The topological polar surface area (TPSA) is 33.2 Å². The van der Waals surface area contributed by atoms with Gasteiger partial charge in [0, 0.05) is 31.9 Å². The lowest BCUT2D eigenvalue weighted by atomic mass is 10.0. The molecule has 0 aliphatic carbocycles. The van der Waals surface area contributed by atoms with E-state index < -0.39 is 35.9 Å². The largest absolute Gasteiger partial charge is 0.416 e. The third-order valence-corrected chi connectivity index (χ3v) is 5.03. The van der Waals surface area contributed by atoms with Gasteiger partial charge >= 0.3 is 12.4 Å². The summed E-state index contributed by atoms with van der Waals surface area (Å²) < 4.78 is 79.4. The van der Waals surface area contributed by atoms with Crippen LogP contribution in [0.25, 0.3) is 11.1 Å². The first-order valence-electron chi connectivity index (χ1n) is 10.0. The van der Waals surface area contributed by atoms with Crippen LogP contribution in [-0.2, 0) is 30.2 Å². The Bertz CT molecular complexity index is 1080. The molecule has 0 saturated heterocycles. The Morgan fingerprint density at radius 3 is 2.03 bits per heavy atom. The monoisotopic (exact) mass is 466 g/mol. The molecule has 0 bridgehead atoms. The second kappa shape index (κ2) is 9.64. The minimum atomic E-state index is -4.96. The van der Waals surface area contributed by atoms with Crippen molar-refractivity contribution >= 4 is 5.91 Å². The molecular weight excluding hydrogens is 446 g/mol. The normalized spacial score (nSPS) is 12.0. The molecule has 0 N–H and O–H groups in total. The predicted molar refractivity (Wildman–Crippen MR) is 111 cm³/mol. The molecule has 174 valence electrons. The number of hydrogen-bond acceptors (Lipinski definition) is 2. The molecule has 9 heteroatoms. The third kappa shape index (κ3) is 6.12. The van der Waals surface area contributed by atoms with Crippen LogP contribution in [0.4, 0.5) is 26.3 Å². The number of halogens is 6. The fraction of sp³-hybridized carbons (Fsp3) is 0.250. The van der Waals surface area contributed by atoms with Crippen LogP contribution in [0.3, 0.4) is 0 Å². The molecule has 0 saturated carbocycles. The van der Waals surface area contributed by atoms with E-state index in [1.54, 1.807) is 19.2 Å². The first-order chi connectivity index (χ1) is 15.5. The summed E-state index contributed by atoms with van der Waals surface area (Å²) in [5.41, 5.74) is -0.862. The second-order valence-corrected chi connectivity index (χ2v) is 7.42. The highest BCUT2D eigenvalue weighted by molar-refractivity contribution is 5.76. The molecule has 0 aliphatic rings. The Hall–Kier alpha value is -3.36. The van der Waals surface area contributed by atoms with Gasteiger partial charge < -0.3 is 4.90 Å². The predicted octanol–water partition coefficient (Wildman–Crippen LogP) is 6.73. The molecule has 2 aromatic carbocycles. The Labute approximate surface area is 186 Å². The number of carbonyl (C=O) groups is 1. The van der Waals surface area contributed by atoms with E-state index in [2.05, 4.69) is 4.98 Å². The molecule has 3 aromatic rings. The van der Waals surface area contributed by atoms with Gasteiger partial charge in [0.25, 0.3) is 0 Å². The van der Waals surface area contributed by atoms with Gasteiger partial charge in [0.05, 0.1) is 11.1 Å². The van der Waals surface area contributed by atoms with Crippen LogP contribution in [-0.4, -0.2) is 15.8 Å². The van der Waals surface area contributed by atoms with E-state index in [9.17, 15) is 31.1 Å². The van der Waals surface area contributed by atoms with Gasteiger partial charge in [-0.1, -0.05) is 37.3 Å². The molecule has 1 amide bonds. The van der Waals surface area contributed by atoms with Gasteiger partial charge in [-0.3, -0.25) is 9.78 Å². The lowest BCUT2D eigenvalue weighted by Crippen LogP contribution is -2.30. The van der Waals surface area contributed by atoms with Gasteiger partial charge in [0.1, 0.15) is 0 Å². The van der Waals surface area contributed by atoms with Gasteiger partial charge in [0.2, 0.25) is 5.91 Å². The molecule has 0 unspecified atom stereocenters. The van der Waals surface area contributed by atoms with Crippen LogP contribution < -0.4 is 0 Å². The summed E-state index contributed by atoms with van der Waals surface area (Å²) in [7, 11) is 0. The molecule has 0 atom stereocenters. The average Bonchev–Trinajstić information content (AvgIpc) is 2.77. The zero-order valence-corrected chi connectivity index (χ0v) is 17.5. The number of benzene rings is 2. The SMILES string of the molecule is CCC(=O)N(Cc1cc(C(F)(F)F)cc(C(F)(F)F)c1)Cc1cnccc1-c1ccccc1.